The quantitative estimate of drug-likeness (QED) is 0.0262. The molecular formula is C62H112O6. The summed E-state index contributed by atoms with van der Waals surface area (Å²) in [5.41, 5.74) is 0. The molecule has 0 saturated carbocycles. The van der Waals surface area contributed by atoms with Crippen LogP contribution < -0.4 is 0 Å². The molecule has 0 bridgehead atoms. The lowest BCUT2D eigenvalue weighted by Gasteiger charge is -2.18. The Bertz CT molecular complexity index is 1190. The van der Waals surface area contributed by atoms with Crippen molar-refractivity contribution in [2.45, 2.75) is 316 Å². The maximum absolute atomic E-state index is 12.8. The first-order valence-corrected chi connectivity index (χ1v) is 29.6. The third-order valence-corrected chi connectivity index (χ3v) is 13.1. The molecule has 0 aliphatic rings. The molecule has 0 aromatic heterocycles. The van der Waals surface area contributed by atoms with Gasteiger partial charge >= 0.3 is 17.9 Å². The van der Waals surface area contributed by atoms with Crippen LogP contribution in [-0.4, -0.2) is 37.2 Å². The Morgan fingerprint density at radius 1 is 0.309 bits per heavy atom. The summed E-state index contributed by atoms with van der Waals surface area (Å²) < 4.78 is 16.8. The average Bonchev–Trinajstić information content (AvgIpc) is 3.34. The number of esters is 3. The molecule has 0 saturated heterocycles. The van der Waals surface area contributed by atoms with Crippen molar-refractivity contribution in [3.8, 4) is 0 Å². The Labute approximate surface area is 422 Å². The number of hydrogen-bond donors (Lipinski definition) is 0. The van der Waals surface area contributed by atoms with Gasteiger partial charge in [-0.05, 0) is 77.0 Å². The molecule has 0 radical (unpaired) electrons. The van der Waals surface area contributed by atoms with Gasteiger partial charge in [-0.2, -0.15) is 0 Å². The minimum atomic E-state index is -0.783. The molecule has 1 atom stereocenters. The van der Waals surface area contributed by atoms with Gasteiger partial charge in [0.25, 0.3) is 0 Å². The van der Waals surface area contributed by atoms with E-state index >= 15 is 0 Å². The topological polar surface area (TPSA) is 78.9 Å². The van der Waals surface area contributed by atoms with Crippen LogP contribution in [-0.2, 0) is 28.6 Å². The Hall–Kier alpha value is -2.63. The predicted octanol–water partition coefficient (Wildman–Crippen LogP) is 19.8. The van der Waals surface area contributed by atoms with E-state index in [1.165, 1.54) is 167 Å². The van der Waals surface area contributed by atoms with Gasteiger partial charge in [-0.3, -0.25) is 14.4 Å². The van der Waals surface area contributed by atoms with Gasteiger partial charge in [0, 0.05) is 19.3 Å². The number of hydrogen-bond acceptors (Lipinski definition) is 6. The molecule has 0 amide bonds. The molecule has 0 aromatic rings. The second-order valence-corrected chi connectivity index (χ2v) is 19.9. The van der Waals surface area contributed by atoms with E-state index in [1.54, 1.807) is 0 Å². The van der Waals surface area contributed by atoms with Crippen LogP contribution in [0.1, 0.15) is 310 Å². The van der Waals surface area contributed by atoms with Crippen molar-refractivity contribution in [1.82, 2.24) is 0 Å². The second kappa shape index (κ2) is 57.0. The minimum absolute atomic E-state index is 0.0799. The van der Waals surface area contributed by atoms with Gasteiger partial charge in [-0.25, -0.2) is 0 Å². The summed E-state index contributed by atoms with van der Waals surface area (Å²) in [5, 5.41) is 0. The van der Waals surface area contributed by atoms with Crippen molar-refractivity contribution in [3.63, 3.8) is 0 Å². The summed E-state index contributed by atoms with van der Waals surface area (Å²) >= 11 is 0. The van der Waals surface area contributed by atoms with E-state index in [-0.39, 0.29) is 31.1 Å². The third kappa shape index (κ3) is 54.3. The monoisotopic (exact) mass is 953 g/mol. The van der Waals surface area contributed by atoms with Crippen molar-refractivity contribution in [2.75, 3.05) is 13.2 Å². The summed E-state index contributed by atoms with van der Waals surface area (Å²) in [6.45, 7) is 6.52. The van der Waals surface area contributed by atoms with Crippen LogP contribution in [0.3, 0.4) is 0 Å². The van der Waals surface area contributed by atoms with E-state index in [2.05, 4.69) is 69.4 Å². The zero-order valence-electron chi connectivity index (χ0n) is 45.4. The molecule has 6 nitrogen and oxygen atoms in total. The number of allylic oxidation sites excluding steroid dienone is 8. The normalized spacial score (nSPS) is 12.3. The zero-order valence-corrected chi connectivity index (χ0v) is 45.4. The predicted molar refractivity (Wildman–Crippen MR) is 293 cm³/mol. The van der Waals surface area contributed by atoms with E-state index < -0.39 is 6.10 Å². The van der Waals surface area contributed by atoms with Gasteiger partial charge in [-0.15, -0.1) is 0 Å². The molecule has 0 spiro atoms. The van der Waals surface area contributed by atoms with Gasteiger partial charge in [0.2, 0.25) is 0 Å². The Morgan fingerprint density at radius 2 is 0.574 bits per heavy atom. The first-order valence-electron chi connectivity index (χ1n) is 29.6. The first-order chi connectivity index (χ1) is 33.5. The average molecular weight is 954 g/mol. The van der Waals surface area contributed by atoms with E-state index in [0.717, 1.165) is 103 Å². The maximum Gasteiger partial charge on any atom is 0.306 e. The highest BCUT2D eigenvalue weighted by atomic mass is 16.6. The molecule has 0 aliphatic carbocycles. The first kappa shape index (κ1) is 65.4. The zero-order chi connectivity index (χ0) is 49.3. The van der Waals surface area contributed by atoms with Crippen LogP contribution in [0.25, 0.3) is 0 Å². The number of carbonyl (C=O) groups excluding carboxylic acids is 3. The molecule has 0 fully saturated rings. The van der Waals surface area contributed by atoms with Gasteiger partial charge in [-0.1, -0.05) is 262 Å². The summed E-state index contributed by atoms with van der Waals surface area (Å²) in [7, 11) is 0. The molecule has 0 aliphatic heterocycles. The fourth-order valence-electron chi connectivity index (χ4n) is 8.63. The van der Waals surface area contributed by atoms with Crippen molar-refractivity contribution in [3.05, 3.63) is 48.6 Å². The number of rotatable bonds is 54. The summed E-state index contributed by atoms with van der Waals surface area (Å²) in [6.07, 6.45) is 69.7. The minimum Gasteiger partial charge on any atom is -0.462 e. The molecule has 0 N–H and O–H groups in total. The van der Waals surface area contributed by atoms with Crippen LogP contribution in [0, 0.1) is 0 Å². The van der Waals surface area contributed by atoms with Crippen molar-refractivity contribution in [1.29, 1.82) is 0 Å². The van der Waals surface area contributed by atoms with Crippen molar-refractivity contribution < 1.29 is 28.6 Å². The summed E-state index contributed by atoms with van der Waals surface area (Å²) in [4.78, 5) is 38.1. The SMILES string of the molecule is CC/C=C\C/C=C\C/C=C\CCCCCCCC(=O)OC(COC(=O)CCCCCCC/C=C\CCCCC)COC(=O)CCCCCCCCCCCCCCCCCCCCCCCCC. The second-order valence-electron chi connectivity index (χ2n) is 19.9. The van der Waals surface area contributed by atoms with E-state index in [9.17, 15) is 14.4 Å². The molecule has 0 heterocycles. The van der Waals surface area contributed by atoms with Crippen LogP contribution in [0.4, 0.5) is 0 Å². The molecule has 68 heavy (non-hydrogen) atoms. The summed E-state index contributed by atoms with van der Waals surface area (Å²) in [5.74, 6) is -0.892. The van der Waals surface area contributed by atoms with Crippen LogP contribution >= 0.6 is 0 Å². The lowest BCUT2D eigenvalue weighted by molar-refractivity contribution is -0.167. The van der Waals surface area contributed by atoms with E-state index in [4.69, 9.17) is 14.2 Å². The standard InChI is InChI=1S/C62H112O6/c1-4-7-10-13-16-19-22-25-27-28-29-30-31-32-33-34-36-37-40-43-46-49-52-55-61(64)67-58-59(57-66-60(63)54-51-48-45-42-39-24-21-18-15-12-9-6-3)68-62(65)56-53-50-47-44-41-38-35-26-23-20-17-14-11-8-5-2/h8,11,17-18,20-21,26,35,59H,4-7,9-10,12-16,19,22-25,27-34,36-58H2,1-3H3/b11-8-,20-17-,21-18-,35-26-. The molecule has 396 valence electrons. The fourth-order valence-corrected chi connectivity index (χ4v) is 8.63. The lowest BCUT2D eigenvalue weighted by Crippen LogP contribution is -2.30. The Balaban J connectivity index is 4.26. The Morgan fingerprint density at radius 3 is 0.941 bits per heavy atom. The summed E-state index contributed by atoms with van der Waals surface area (Å²) in [6, 6.07) is 0. The molecule has 6 heteroatoms. The molecule has 1 unspecified atom stereocenters. The van der Waals surface area contributed by atoms with Crippen LogP contribution in [0.2, 0.25) is 0 Å². The van der Waals surface area contributed by atoms with E-state index in [1.807, 2.05) is 0 Å². The number of ether oxygens (including phenoxy) is 3. The molecular weight excluding hydrogens is 841 g/mol. The smallest absolute Gasteiger partial charge is 0.306 e. The van der Waals surface area contributed by atoms with Crippen molar-refractivity contribution in [2.24, 2.45) is 0 Å². The molecule has 0 aromatic carbocycles. The maximum atomic E-state index is 12.8. The van der Waals surface area contributed by atoms with Gasteiger partial charge in [0.15, 0.2) is 6.10 Å². The highest BCUT2D eigenvalue weighted by molar-refractivity contribution is 5.71. The Kier molecular flexibility index (Phi) is 54.8. The number of unbranched alkanes of at least 4 members (excludes halogenated alkanes) is 35. The van der Waals surface area contributed by atoms with Crippen LogP contribution in [0.15, 0.2) is 48.6 Å². The van der Waals surface area contributed by atoms with Crippen LogP contribution in [0.5, 0.6) is 0 Å². The van der Waals surface area contributed by atoms with Gasteiger partial charge in [0.1, 0.15) is 13.2 Å². The van der Waals surface area contributed by atoms with Gasteiger partial charge < -0.3 is 14.2 Å². The highest BCUT2D eigenvalue weighted by Gasteiger charge is 2.19. The largest absolute Gasteiger partial charge is 0.462 e. The third-order valence-electron chi connectivity index (χ3n) is 13.1. The van der Waals surface area contributed by atoms with Gasteiger partial charge in [0.05, 0.1) is 0 Å². The van der Waals surface area contributed by atoms with Crippen molar-refractivity contribution >= 4 is 17.9 Å². The number of carbonyl (C=O) groups is 3. The highest BCUT2D eigenvalue weighted by Crippen LogP contribution is 2.17. The van der Waals surface area contributed by atoms with E-state index in [0.29, 0.717) is 19.3 Å². The fraction of sp³-hybridized carbons (Fsp3) is 0.823. The lowest BCUT2D eigenvalue weighted by atomic mass is 10.0. The molecule has 0 rings (SSSR count).